The van der Waals surface area contributed by atoms with E-state index in [2.05, 4.69) is 20.3 Å². The summed E-state index contributed by atoms with van der Waals surface area (Å²) in [6.07, 6.45) is 4.77. The number of hydrogen-bond donors (Lipinski definition) is 15. The van der Waals surface area contributed by atoms with Crippen molar-refractivity contribution in [2.24, 2.45) is 33.9 Å². The Morgan fingerprint density at radius 3 is 2.50 bits per heavy atom. The van der Waals surface area contributed by atoms with E-state index >= 15 is 9.59 Å². The van der Waals surface area contributed by atoms with Crippen molar-refractivity contribution in [3.05, 3.63) is 154 Å². The van der Waals surface area contributed by atoms with Crippen LogP contribution in [0.4, 0.5) is 5.69 Å². The number of rotatable bonds is 17. The molecule has 1 aromatic heterocycles. The number of H-pyrrole nitrogens is 1. The minimum absolute atomic E-state index is 0.0108. The maximum absolute atomic E-state index is 15.8. The third-order valence-electron chi connectivity index (χ3n) is 18.6. The number of ether oxygens (including phenoxy) is 2. The molecule has 16 N–H and O–H groups in total. The summed E-state index contributed by atoms with van der Waals surface area (Å²) in [5, 5.41) is 142. The zero-order valence-corrected chi connectivity index (χ0v) is 45.8. The fourth-order valence-electron chi connectivity index (χ4n) is 15.0. The topological polar surface area (TPSA) is 378 Å². The number of guanidine groups is 1. The molecule has 22 heteroatoms. The normalized spacial score (nSPS) is 30.9. The van der Waals surface area contributed by atoms with E-state index < -0.39 is 113 Å². The molecule has 5 aromatic rings. The van der Waals surface area contributed by atoms with Crippen LogP contribution < -0.4 is 20.7 Å². The van der Waals surface area contributed by atoms with Crippen molar-refractivity contribution in [1.29, 1.82) is 0 Å². The van der Waals surface area contributed by atoms with E-state index in [1.807, 2.05) is 48.6 Å². The number of aliphatic carboxylic acids is 1. The molecule has 0 radical (unpaired) electrons. The summed E-state index contributed by atoms with van der Waals surface area (Å²) in [6, 6.07) is 20.3. The number of carbonyl (C=O) groups excluding carboxylic acids is 1. The van der Waals surface area contributed by atoms with Gasteiger partial charge in [-0.2, -0.15) is 0 Å². The van der Waals surface area contributed by atoms with Gasteiger partial charge in [-0.1, -0.05) is 72.7 Å². The summed E-state index contributed by atoms with van der Waals surface area (Å²) in [4.78, 5) is 43.4. The van der Waals surface area contributed by atoms with E-state index in [0.29, 0.717) is 79.6 Å². The van der Waals surface area contributed by atoms with Gasteiger partial charge in [0, 0.05) is 83.0 Å². The van der Waals surface area contributed by atoms with Crippen LogP contribution >= 0.6 is 0 Å². The number of hydrogen-bond acceptors (Lipinski definition) is 17. The largest absolute Gasteiger partial charge is 0.508 e. The number of anilines is 1. The number of carboxylic acids is 1. The lowest BCUT2D eigenvalue weighted by Gasteiger charge is -2.64. The first-order valence-corrected chi connectivity index (χ1v) is 28.3. The maximum Gasteiger partial charge on any atom is 0.355 e. The summed E-state index contributed by atoms with van der Waals surface area (Å²) in [5.74, 6) is -12.4. The molecule has 84 heavy (non-hydrogen) atoms. The highest BCUT2D eigenvalue weighted by atomic mass is 16.8. The van der Waals surface area contributed by atoms with E-state index in [0.717, 1.165) is 28.2 Å². The lowest BCUT2D eigenvalue weighted by Crippen LogP contribution is -2.67. The molecule has 0 bridgehead atoms. The zero-order chi connectivity index (χ0) is 59.5. The van der Waals surface area contributed by atoms with Crippen molar-refractivity contribution in [2.75, 3.05) is 24.7 Å². The number of aromatic hydroxyl groups is 4. The van der Waals surface area contributed by atoms with Crippen LogP contribution in [-0.4, -0.2) is 151 Å². The van der Waals surface area contributed by atoms with E-state index in [1.165, 1.54) is 30.6 Å². The Kier molecular flexibility index (Phi) is 15.6. The number of phenols is 4. The number of aromatic amines is 1. The number of benzene rings is 4. The van der Waals surface area contributed by atoms with Crippen molar-refractivity contribution in [3.8, 4) is 28.7 Å². The molecule has 2 aliphatic heterocycles. The molecule has 13 unspecified atom stereocenters. The van der Waals surface area contributed by atoms with Crippen LogP contribution in [0.15, 0.2) is 120 Å². The number of fused-ring (bicyclic) bond motifs is 9. The van der Waals surface area contributed by atoms with Gasteiger partial charge < -0.3 is 86.8 Å². The second-order valence-corrected chi connectivity index (χ2v) is 23.0. The quantitative estimate of drug-likeness (QED) is 0.0121. The monoisotopic (exact) mass is 1150 g/mol. The number of aliphatic hydroxyl groups excluding tert-OH is 6. The minimum Gasteiger partial charge on any atom is -0.508 e. The molecule has 11 rings (SSSR count). The third kappa shape index (κ3) is 9.35. The van der Waals surface area contributed by atoms with Gasteiger partial charge in [-0.15, -0.1) is 0 Å². The number of phenolic OH excluding ortho intramolecular Hbond substituents is 4. The van der Waals surface area contributed by atoms with E-state index in [9.17, 15) is 61.3 Å². The average molecular weight is 1160 g/mol. The van der Waals surface area contributed by atoms with Crippen LogP contribution in [0.5, 0.6) is 28.7 Å². The molecule has 3 heterocycles. The molecular formula is C62H70N6O16. The number of aromatic nitrogens is 2. The van der Waals surface area contributed by atoms with Crippen molar-refractivity contribution in [1.82, 2.24) is 15.3 Å². The Morgan fingerprint density at radius 2 is 1.76 bits per heavy atom. The van der Waals surface area contributed by atoms with Gasteiger partial charge in [-0.05, 0) is 104 Å². The number of carbonyl (C=O) groups is 2. The predicted octanol–water partition coefficient (Wildman–Crippen LogP) is 3.33. The Morgan fingerprint density at radius 1 is 0.964 bits per heavy atom. The Hall–Kier alpha value is -7.80. The van der Waals surface area contributed by atoms with E-state index in [4.69, 9.17) is 15.2 Å². The number of nitrogens with one attached hydrogen (secondary N) is 2. The van der Waals surface area contributed by atoms with Gasteiger partial charge in [-0.3, -0.25) is 9.69 Å². The summed E-state index contributed by atoms with van der Waals surface area (Å²) in [6.45, 7) is -0.729. The predicted molar refractivity (Wildman–Crippen MR) is 303 cm³/mol. The van der Waals surface area contributed by atoms with Gasteiger partial charge in [0.05, 0.1) is 31.3 Å². The standard InChI is InChI=1S/C62H70N6O16/c63-58(66-28-34-7-2-1-3-8-34)65-22-6-13-43(71)36-20-21-59(61-38(10-5-11-39(61)30-69)17-16-35-9-4-12-45(73)50(35)61)40(24-36)27-60(57(80)81)55(59)49-42(26-46(51(75)53(49)77)83-62(82)56(79)54(78)52(76)47(31-70)84-62)68(60)48(74)19-15-33-14-18-44(72)37(23-33)25-41-29-64-32-67-41/h1-4,7-9,12,14-15,18-21,23,26-27,29,32,36,38-39,43,47,52,54-56,69-73,75-79,82H,5-6,10-11,13,16-17,22,24-25,28,30-31H2,(H,64,67)(H,80,81)(H3,63,65,66). The molecule has 1 saturated heterocycles. The molecule has 13 atom stereocenters. The first-order valence-electron chi connectivity index (χ1n) is 28.3. The van der Waals surface area contributed by atoms with Crippen LogP contribution in [0.3, 0.4) is 0 Å². The highest BCUT2D eigenvalue weighted by Crippen LogP contribution is 2.78. The number of nitrogens with two attached hydrogens (primary N) is 1. The highest BCUT2D eigenvalue weighted by Gasteiger charge is 2.78. The fourth-order valence-corrected chi connectivity index (χ4v) is 15.0. The van der Waals surface area contributed by atoms with Crippen LogP contribution in [-0.2, 0) is 39.1 Å². The summed E-state index contributed by atoms with van der Waals surface area (Å²) in [5.41, 5.74) is 3.94. The van der Waals surface area contributed by atoms with Crippen LogP contribution in [0, 0.1) is 23.2 Å². The number of nitrogens with zero attached hydrogens (tertiary/aromatic N) is 3. The first-order chi connectivity index (χ1) is 40.3. The number of aliphatic hydroxyl groups is 7. The number of amides is 1. The van der Waals surface area contributed by atoms with Gasteiger partial charge in [-0.25, -0.2) is 14.8 Å². The maximum atomic E-state index is 15.8. The second kappa shape index (κ2) is 22.7. The van der Waals surface area contributed by atoms with Gasteiger partial charge in [0.1, 0.15) is 29.8 Å². The van der Waals surface area contributed by atoms with Crippen molar-refractivity contribution in [2.45, 2.75) is 118 Å². The fraction of sp³-hybridized carbons (Fsp3) is 0.419. The molecule has 4 aliphatic carbocycles. The van der Waals surface area contributed by atoms with E-state index in [1.54, 1.807) is 24.4 Å². The first kappa shape index (κ1) is 58.0. The van der Waals surface area contributed by atoms with Crippen LogP contribution in [0.1, 0.15) is 89.9 Å². The number of imidazole rings is 1. The van der Waals surface area contributed by atoms with Gasteiger partial charge >= 0.3 is 11.9 Å². The minimum atomic E-state index is -3.37. The Balaban J connectivity index is 1.09. The van der Waals surface area contributed by atoms with Crippen molar-refractivity contribution < 1.29 is 80.3 Å². The van der Waals surface area contributed by atoms with Gasteiger partial charge in [0.25, 0.3) is 5.91 Å². The van der Waals surface area contributed by atoms with Crippen LogP contribution in [0.25, 0.3) is 6.08 Å². The zero-order valence-electron chi connectivity index (χ0n) is 45.8. The number of carboxylic acid groups (broad SMARTS) is 1. The van der Waals surface area contributed by atoms with Gasteiger partial charge in [0.15, 0.2) is 29.1 Å². The molecule has 1 saturated carbocycles. The second-order valence-electron chi connectivity index (χ2n) is 23.0. The SMILES string of the molecule is NC(=NCc1ccccc1)NCCCC(O)C1C=CC2(C34c5c(O)cccc5CCC3CCCC4CO)C(=CC3(C(=O)O)C2c2c(cc(OC4(O)OC(CO)C(O)C(O)C4O)c(O)c2O)N3C(=O)C=Cc2ccc(O)c(Cc3cnc[nH]3)c2)C1. The Labute approximate surface area is 482 Å². The summed E-state index contributed by atoms with van der Waals surface area (Å²) >= 11 is 0. The lowest BCUT2D eigenvalue weighted by atomic mass is 9.38. The van der Waals surface area contributed by atoms with Crippen molar-refractivity contribution in [3.63, 3.8) is 0 Å². The molecule has 0 spiro atoms. The summed E-state index contributed by atoms with van der Waals surface area (Å²) < 4.78 is 11.1. The third-order valence-corrected chi connectivity index (χ3v) is 18.6. The lowest BCUT2D eigenvalue weighted by molar-refractivity contribution is -0.422. The molecule has 4 aromatic carbocycles. The van der Waals surface area contributed by atoms with Crippen molar-refractivity contribution >= 4 is 29.6 Å². The molecule has 1 amide bonds. The number of aliphatic imine (C=N–C) groups is 1. The number of allylic oxidation sites excluding steroid dienone is 2. The summed E-state index contributed by atoms with van der Waals surface area (Å²) in [7, 11) is 0. The molecule has 2 fully saturated rings. The highest BCUT2D eigenvalue weighted by molar-refractivity contribution is 6.14. The van der Waals surface area contributed by atoms with E-state index in [-0.39, 0.29) is 53.9 Å². The Bertz CT molecular complexity index is 3430. The molecule has 22 nitrogen and oxygen atoms in total. The smallest absolute Gasteiger partial charge is 0.355 e. The molecule has 444 valence electrons. The average Bonchev–Trinajstić information content (AvgIpc) is 1.42. The number of aryl methyl sites for hydroxylation is 1. The molecule has 6 aliphatic rings. The van der Waals surface area contributed by atoms with Gasteiger partial charge in [0.2, 0.25) is 5.75 Å². The molecular weight excluding hydrogens is 1080 g/mol. The van der Waals surface area contributed by atoms with Crippen LogP contribution in [0.2, 0.25) is 0 Å².